The van der Waals surface area contributed by atoms with E-state index in [0.29, 0.717) is 15.7 Å². The Bertz CT molecular complexity index is 1070. The average molecular weight is 430 g/mol. The van der Waals surface area contributed by atoms with Crippen molar-refractivity contribution >= 4 is 33.8 Å². The van der Waals surface area contributed by atoms with E-state index in [1.807, 2.05) is 27.2 Å². The molecule has 1 aliphatic heterocycles. The third-order valence-corrected chi connectivity index (χ3v) is 6.26. The average Bonchev–Trinajstić information content (AvgIpc) is 3.30. The van der Waals surface area contributed by atoms with E-state index in [1.54, 1.807) is 15.6 Å². The number of anilines is 3. The minimum absolute atomic E-state index is 0.213. The van der Waals surface area contributed by atoms with Crippen molar-refractivity contribution in [2.45, 2.75) is 32.2 Å². The summed E-state index contributed by atoms with van der Waals surface area (Å²) in [6.45, 7) is 3.61. The van der Waals surface area contributed by atoms with Gasteiger partial charge in [0.15, 0.2) is 11.5 Å². The Hall–Kier alpha value is -2.92. The van der Waals surface area contributed by atoms with Crippen molar-refractivity contribution in [1.82, 2.24) is 24.5 Å². The molecule has 10 nitrogen and oxygen atoms in total. The van der Waals surface area contributed by atoms with Gasteiger partial charge in [-0.15, -0.1) is 0 Å². The number of carbonyl (C=O) groups is 1. The molecule has 160 valence electrons. The van der Waals surface area contributed by atoms with Crippen LogP contribution in [0.1, 0.15) is 35.4 Å². The maximum atomic E-state index is 13.0. The number of hydrogen-bond donors (Lipinski definition) is 3. The quantitative estimate of drug-likeness (QED) is 0.575. The number of carbonyl (C=O) groups excluding carboxylic acids is 1. The van der Waals surface area contributed by atoms with Gasteiger partial charge in [0.2, 0.25) is 0 Å². The molecule has 3 aromatic heterocycles. The zero-order valence-electron chi connectivity index (χ0n) is 17.4. The summed E-state index contributed by atoms with van der Waals surface area (Å²) in [7, 11) is 3.72. The zero-order chi connectivity index (χ0) is 21.4. The van der Waals surface area contributed by atoms with Gasteiger partial charge in [0.05, 0.1) is 17.5 Å². The Balaban J connectivity index is 1.57. The molecule has 0 spiro atoms. The van der Waals surface area contributed by atoms with Crippen LogP contribution in [0.2, 0.25) is 0 Å². The van der Waals surface area contributed by atoms with Crippen LogP contribution in [0.25, 0.3) is 10.6 Å². The summed E-state index contributed by atoms with van der Waals surface area (Å²) >= 11 is 1.28. The molecule has 3 aromatic rings. The largest absolute Gasteiger partial charge is 0.389 e. The van der Waals surface area contributed by atoms with Crippen molar-refractivity contribution in [2.75, 3.05) is 29.0 Å². The van der Waals surface area contributed by atoms with Crippen molar-refractivity contribution in [3.63, 3.8) is 0 Å². The summed E-state index contributed by atoms with van der Waals surface area (Å²) in [5.74, 6) is 0.520. The Morgan fingerprint density at radius 3 is 2.83 bits per heavy atom. The van der Waals surface area contributed by atoms with E-state index < -0.39 is 0 Å². The molecule has 30 heavy (non-hydrogen) atoms. The molecular formula is C19H27N9OS. The van der Waals surface area contributed by atoms with Crippen LogP contribution < -0.4 is 21.7 Å². The lowest BCUT2D eigenvalue weighted by molar-refractivity contribution is 0.102. The molecule has 0 aromatic carbocycles. The highest BCUT2D eigenvalue weighted by molar-refractivity contribution is 7.19. The van der Waals surface area contributed by atoms with Gasteiger partial charge in [-0.2, -0.15) is 10.2 Å². The summed E-state index contributed by atoms with van der Waals surface area (Å²) in [6, 6.07) is 0.213. The zero-order valence-corrected chi connectivity index (χ0v) is 18.2. The first kappa shape index (κ1) is 20.4. The molecule has 1 aliphatic rings. The van der Waals surface area contributed by atoms with Gasteiger partial charge in [-0.3, -0.25) is 14.2 Å². The lowest BCUT2D eigenvalue weighted by atomic mass is 10.1. The SMILES string of the molecule is Cc1nn(C)cc1-c1nc(C(=O)Nc2cnn(C)c2N2CCCC(N)CC2)c(N)s1. The van der Waals surface area contributed by atoms with Gasteiger partial charge in [0.1, 0.15) is 15.7 Å². The number of nitrogens with one attached hydrogen (secondary N) is 1. The minimum atomic E-state index is -0.350. The van der Waals surface area contributed by atoms with Gasteiger partial charge >= 0.3 is 0 Å². The highest BCUT2D eigenvalue weighted by Gasteiger charge is 2.24. The van der Waals surface area contributed by atoms with Crippen molar-refractivity contribution < 1.29 is 4.79 Å². The van der Waals surface area contributed by atoms with Crippen LogP contribution in [0.5, 0.6) is 0 Å². The Labute approximate surface area is 178 Å². The first-order valence-electron chi connectivity index (χ1n) is 9.94. The molecule has 1 atom stereocenters. The van der Waals surface area contributed by atoms with Gasteiger partial charge in [0.25, 0.3) is 5.91 Å². The second kappa shape index (κ2) is 8.07. The maximum Gasteiger partial charge on any atom is 0.277 e. The van der Waals surface area contributed by atoms with E-state index in [4.69, 9.17) is 11.5 Å². The van der Waals surface area contributed by atoms with Crippen LogP contribution >= 0.6 is 11.3 Å². The number of aromatic nitrogens is 5. The third kappa shape index (κ3) is 3.90. The molecule has 1 saturated heterocycles. The fraction of sp³-hybridized carbons (Fsp3) is 0.474. The molecule has 0 saturated carbocycles. The number of aryl methyl sites for hydroxylation is 3. The molecule has 1 fully saturated rings. The summed E-state index contributed by atoms with van der Waals surface area (Å²) in [6.07, 6.45) is 6.45. The van der Waals surface area contributed by atoms with Gasteiger partial charge in [-0.1, -0.05) is 11.3 Å². The Morgan fingerprint density at radius 1 is 1.30 bits per heavy atom. The lowest BCUT2D eigenvalue weighted by Gasteiger charge is -2.24. The van der Waals surface area contributed by atoms with Crippen LogP contribution in [-0.4, -0.2) is 49.6 Å². The summed E-state index contributed by atoms with van der Waals surface area (Å²) in [5.41, 5.74) is 14.8. The maximum absolute atomic E-state index is 13.0. The van der Waals surface area contributed by atoms with Gasteiger partial charge in [-0.25, -0.2) is 4.98 Å². The van der Waals surface area contributed by atoms with E-state index in [2.05, 4.69) is 25.4 Å². The molecular weight excluding hydrogens is 402 g/mol. The number of thiazole rings is 1. The van der Waals surface area contributed by atoms with E-state index in [9.17, 15) is 4.79 Å². The summed E-state index contributed by atoms with van der Waals surface area (Å²) in [5, 5.41) is 12.7. The first-order chi connectivity index (χ1) is 14.3. The van der Waals surface area contributed by atoms with Crippen LogP contribution in [0.15, 0.2) is 12.4 Å². The molecule has 11 heteroatoms. The van der Waals surface area contributed by atoms with Crippen LogP contribution in [0.3, 0.4) is 0 Å². The molecule has 1 amide bonds. The second-order valence-corrected chi connectivity index (χ2v) is 8.70. The fourth-order valence-corrected chi connectivity index (χ4v) is 4.72. The minimum Gasteiger partial charge on any atom is -0.389 e. The van der Waals surface area contributed by atoms with Crippen molar-refractivity contribution in [3.8, 4) is 10.6 Å². The summed E-state index contributed by atoms with van der Waals surface area (Å²) in [4.78, 5) is 19.7. The van der Waals surface area contributed by atoms with E-state index in [1.165, 1.54) is 11.3 Å². The number of nitrogens with two attached hydrogens (primary N) is 2. The van der Waals surface area contributed by atoms with Gasteiger partial charge in [0, 0.05) is 39.4 Å². The molecule has 5 N–H and O–H groups in total. The normalized spacial score (nSPS) is 17.2. The number of nitrogen functional groups attached to an aromatic ring is 1. The smallest absolute Gasteiger partial charge is 0.277 e. The molecule has 4 heterocycles. The van der Waals surface area contributed by atoms with E-state index in [0.717, 1.165) is 49.4 Å². The predicted molar refractivity (Wildman–Crippen MR) is 119 cm³/mol. The van der Waals surface area contributed by atoms with Crippen molar-refractivity contribution in [2.24, 2.45) is 19.8 Å². The number of hydrogen-bond acceptors (Lipinski definition) is 8. The molecule has 0 bridgehead atoms. The number of amides is 1. The predicted octanol–water partition coefficient (Wildman–Crippen LogP) is 1.74. The summed E-state index contributed by atoms with van der Waals surface area (Å²) < 4.78 is 3.50. The number of rotatable bonds is 4. The van der Waals surface area contributed by atoms with Crippen molar-refractivity contribution in [3.05, 3.63) is 23.8 Å². The monoisotopic (exact) mass is 429 g/mol. The fourth-order valence-electron chi connectivity index (χ4n) is 3.83. The van der Waals surface area contributed by atoms with E-state index >= 15 is 0 Å². The highest BCUT2D eigenvalue weighted by Crippen LogP contribution is 2.33. The van der Waals surface area contributed by atoms with Crippen LogP contribution in [0, 0.1) is 6.92 Å². The Morgan fingerprint density at radius 2 is 2.10 bits per heavy atom. The molecule has 4 rings (SSSR count). The van der Waals surface area contributed by atoms with Gasteiger partial charge < -0.3 is 21.7 Å². The van der Waals surface area contributed by atoms with E-state index in [-0.39, 0.29) is 17.6 Å². The lowest BCUT2D eigenvalue weighted by Crippen LogP contribution is -2.29. The van der Waals surface area contributed by atoms with Crippen LogP contribution in [0.4, 0.5) is 16.5 Å². The standard InChI is InChI=1S/C19H27N9OS/c1-11-13(10-26(2)25-11)18-24-15(16(21)30-18)17(29)23-14-9-22-27(3)19(14)28-7-4-5-12(20)6-8-28/h9-10,12H,4-8,20-21H2,1-3H3,(H,23,29). The third-order valence-electron chi connectivity index (χ3n) is 5.34. The molecule has 0 aliphatic carbocycles. The van der Waals surface area contributed by atoms with Gasteiger partial charge in [-0.05, 0) is 26.2 Å². The molecule has 0 radical (unpaired) electrons. The number of nitrogens with zero attached hydrogens (tertiary/aromatic N) is 6. The second-order valence-electron chi connectivity index (χ2n) is 7.67. The first-order valence-corrected chi connectivity index (χ1v) is 10.8. The Kier molecular flexibility index (Phi) is 5.48. The highest BCUT2D eigenvalue weighted by atomic mass is 32.1. The van der Waals surface area contributed by atoms with Crippen LogP contribution in [-0.2, 0) is 14.1 Å². The topological polar surface area (TPSA) is 133 Å². The van der Waals surface area contributed by atoms with Crippen molar-refractivity contribution in [1.29, 1.82) is 0 Å². The molecule has 1 unspecified atom stereocenters.